The molecule has 1 saturated heterocycles. The van der Waals surface area contributed by atoms with Crippen molar-refractivity contribution in [1.82, 2.24) is 19.7 Å². The van der Waals surface area contributed by atoms with Crippen LogP contribution in [0.2, 0.25) is 0 Å². The number of likely N-dealkylation sites (tertiary alicyclic amines) is 1. The maximum atomic E-state index is 13.3. The highest BCUT2D eigenvalue weighted by Gasteiger charge is 2.42. The fourth-order valence-electron chi connectivity index (χ4n) is 5.24. The van der Waals surface area contributed by atoms with Gasteiger partial charge in [0.2, 0.25) is 12.2 Å². The predicted molar refractivity (Wildman–Crippen MR) is 147 cm³/mol. The number of aryl methyl sites for hydroxylation is 1. The van der Waals surface area contributed by atoms with Crippen molar-refractivity contribution in [3.8, 4) is 5.75 Å². The highest BCUT2D eigenvalue weighted by atomic mass is 32.2. The summed E-state index contributed by atoms with van der Waals surface area (Å²) in [6, 6.07) is 1.53. The molecular weight excluding hydrogens is 654 g/mol. The Morgan fingerprint density at radius 2 is 1.69 bits per heavy atom. The lowest BCUT2D eigenvalue weighted by molar-refractivity contribution is -0.155. The molecule has 18 heteroatoms. The molecule has 3 aromatic rings. The van der Waals surface area contributed by atoms with Crippen LogP contribution in [0.25, 0.3) is 0 Å². The number of amides is 1. The standard InChI is InChI=1S/C27H28F6N4O6S2/c1-14-8-20(43-45(3,39)40)18-12-42-25(41-11-17(18)15(14)2)19-13-44-24(34-19)16-4-6-36(7-5-16)23(38)10-37-22(27(31,32)33)9-21(35-37)26(28,29)30/h8-9,13,16,25H,4-7,10-12H2,1-3H3. The Balaban J connectivity index is 1.22. The number of hydrogen-bond acceptors (Lipinski definition) is 9. The van der Waals surface area contributed by atoms with Gasteiger partial charge < -0.3 is 18.6 Å². The molecule has 2 aliphatic heterocycles. The lowest BCUT2D eigenvalue weighted by Gasteiger charge is -2.31. The number of carbonyl (C=O) groups excluding carboxylic acids is 1. The number of nitrogens with zero attached hydrogens (tertiary/aromatic N) is 4. The Labute approximate surface area is 258 Å². The van der Waals surface area contributed by atoms with Gasteiger partial charge in [0.15, 0.2) is 5.69 Å². The quantitative estimate of drug-likeness (QED) is 0.248. The minimum Gasteiger partial charge on any atom is -0.382 e. The topological polar surface area (TPSA) is 113 Å². The Hall–Kier alpha value is -3.22. The molecule has 45 heavy (non-hydrogen) atoms. The maximum absolute atomic E-state index is 13.3. The van der Waals surface area contributed by atoms with E-state index in [1.54, 1.807) is 11.4 Å². The zero-order valence-electron chi connectivity index (χ0n) is 24.2. The third-order valence-corrected chi connectivity index (χ3v) is 9.18. The summed E-state index contributed by atoms with van der Waals surface area (Å²) in [6.07, 6.45) is -9.25. The highest BCUT2D eigenvalue weighted by Crippen LogP contribution is 2.39. The molecule has 5 rings (SSSR count). The van der Waals surface area contributed by atoms with E-state index in [-0.39, 0.29) is 48.7 Å². The molecule has 0 saturated carbocycles. The third-order valence-electron chi connectivity index (χ3n) is 7.68. The summed E-state index contributed by atoms with van der Waals surface area (Å²) in [7, 11) is -3.79. The molecule has 0 N–H and O–H groups in total. The van der Waals surface area contributed by atoms with Gasteiger partial charge in [0.25, 0.3) is 0 Å². The molecule has 1 amide bonds. The molecular formula is C27H28F6N4O6S2. The second-order valence-corrected chi connectivity index (χ2v) is 13.3. The van der Waals surface area contributed by atoms with Crippen molar-refractivity contribution in [2.45, 2.75) is 71.0 Å². The average Bonchev–Trinajstić information content (AvgIpc) is 3.54. The highest BCUT2D eigenvalue weighted by molar-refractivity contribution is 7.86. The first-order chi connectivity index (χ1) is 20.9. The number of piperidine rings is 1. The molecule has 10 nitrogen and oxygen atoms in total. The summed E-state index contributed by atoms with van der Waals surface area (Å²) >= 11 is 1.35. The Kier molecular flexibility index (Phi) is 8.98. The maximum Gasteiger partial charge on any atom is 0.435 e. The zero-order chi connectivity index (χ0) is 32.9. The zero-order valence-corrected chi connectivity index (χ0v) is 25.8. The normalized spacial score (nSPS) is 18.5. The molecule has 1 aromatic carbocycles. The van der Waals surface area contributed by atoms with E-state index in [1.807, 2.05) is 13.8 Å². The molecule has 246 valence electrons. The van der Waals surface area contributed by atoms with Crippen LogP contribution in [0.5, 0.6) is 5.75 Å². The Morgan fingerprint density at radius 3 is 2.29 bits per heavy atom. The van der Waals surface area contributed by atoms with Crippen LogP contribution in [0, 0.1) is 13.8 Å². The number of hydrogen-bond donors (Lipinski definition) is 0. The molecule has 1 fully saturated rings. The number of ether oxygens (including phenoxy) is 2. The number of thiazole rings is 1. The van der Waals surface area contributed by atoms with Crippen molar-refractivity contribution >= 4 is 27.4 Å². The van der Waals surface area contributed by atoms with Gasteiger partial charge in [-0.2, -0.15) is 39.9 Å². The van der Waals surface area contributed by atoms with E-state index in [1.165, 1.54) is 16.2 Å². The summed E-state index contributed by atoms with van der Waals surface area (Å²) in [5, 5.41) is 5.51. The van der Waals surface area contributed by atoms with Crippen molar-refractivity contribution in [3.63, 3.8) is 0 Å². The van der Waals surface area contributed by atoms with E-state index in [0.717, 1.165) is 28.0 Å². The van der Waals surface area contributed by atoms with E-state index in [0.29, 0.717) is 24.1 Å². The summed E-state index contributed by atoms with van der Waals surface area (Å²) in [4.78, 5) is 18.7. The molecule has 1 unspecified atom stereocenters. The van der Waals surface area contributed by atoms with E-state index in [4.69, 9.17) is 13.7 Å². The van der Waals surface area contributed by atoms with Gasteiger partial charge in [-0.15, -0.1) is 11.3 Å². The monoisotopic (exact) mass is 682 g/mol. The second kappa shape index (κ2) is 12.2. The lowest BCUT2D eigenvalue weighted by atomic mass is 9.97. The number of benzene rings is 1. The van der Waals surface area contributed by atoms with Crippen LogP contribution in [-0.2, 0) is 56.5 Å². The van der Waals surface area contributed by atoms with Gasteiger partial charge in [-0.25, -0.2) is 4.98 Å². The van der Waals surface area contributed by atoms with Crippen LogP contribution >= 0.6 is 11.3 Å². The molecule has 2 aliphatic rings. The molecule has 0 aliphatic carbocycles. The molecule has 4 heterocycles. The van der Waals surface area contributed by atoms with Crippen LogP contribution < -0.4 is 4.18 Å². The lowest BCUT2D eigenvalue weighted by Crippen LogP contribution is -2.40. The summed E-state index contributed by atoms with van der Waals surface area (Å²) in [5.41, 5.74) is 0.190. The number of alkyl halides is 6. The van der Waals surface area contributed by atoms with Crippen molar-refractivity contribution in [2.24, 2.45) is 0 Å². The van der Waals surface area contributed by atoms with E-state index in [2.05, 4.69) is 10.1 Å². The van der Waals surface area contributed by atoms with E-state index < -0.39 is 52.6 Å². The average molecular weight is 683 g/mol. The van der Waals surface area contributed by atoms with Gasteiger partial charge in [-0.3, -0.25) is 9.48 Å². The van der Waals surface area contributed by atoms with Gasteiger partial charge in [0.05, 0.1) is 24.5 Å². The van der Waals surface area contributed by atoms with Crippen molar-refractivity contribution in [1.29, 1.82) is 0 Å². The van der Waals surface area contributed by atoms with Crippen LogP contribution in [0.1, 0.15) is 69.4 Å². The predicted octanol–water partition coefficient (Wildman–Crippen LogP) is 5.48. The summed E-state index contributed by atoms with van der Waals surface area (Å²) in [5.74, 6) is -0.689. The fraction of sp³-hybridized carbons (Fsp3) is 0.519. The minimum atomic E-state index is -5.12. The van der Waals surface area contributed by atoms with Gasteiger partial charge in [0.1, 0.15) is 23.7 Å². The van der Waals surface area contributed by atoms with E-state index >= 15 is 0 Å². The number of aromatic nitrogens is 3. The Morgan fingerprint density at radius 1 is 1.04 bits per heavy atom. The molecule has 0 bridgehead atoms. The first-order valence-electron chi connectivity index (χ1n) is 13.6. The SMILES string of the molecule is Cc1cc(OS(C)(=O)=O)c2c(c1C)COC(c1csc(C3CCN(C(=O)Cn4nc(C(F)(F)F)cc4C(F)(F)F)CC3)n1)OC2. The summed E-state index contributed by atoms with van der Waals surface area (Å²) < 4.78 is 120. The van der Waals surface area contributed by atoms with Crippen LogP contribution in [0.4, 0.5) is 26.3 Å². The van der Waals surface area contributed by atoms with Gasteiger partial charge >= 0.3 is 22.5 Å². The summed E-state index contributed by atoms with van der Waals surface area (Å²) in [6.45, 7) is 3.21. The van der Waals surface area contributed by atoms with Crippen LogP contribution in [0.3, 0.4) is 0 Å². The Bertz CT molecular complexity index is 1690. The number of halogens is 6. The molecule has 0 spiro atoms. The first kappa shape index (κ1) is 33.2. The smallest absolute Gasteiger partial charge is 0.382 e. The minimum absolute atomic E-state index is 0.0100. The molecule has 1 atom stereocenters. The second-order valence-electron chi connectivity index (χ2n) is 10.8. The first-order valence-corrected chi connectivity index (χ1v) is 16.3. The largest absolute Gasteiger partial charge is 0.435 e. The fourth-order valence-corrected chi connectivity index (χ4v) is 6.70. The van der Waals surface area contributed by atoms with Crippen molar-refractivity contribution in [2.75, 3.05) is 19.3 Å². The van der Waals surface area contributed by atoms with Crippen LogP contribution in [-0.4, -0.2) is 53.3 Å². The third kappa shape index (κ3) is 7.44. The number of rotatable bonds is 6. The van der Waals surface area contributed by atoms with Gasteiger partial charge in [-0.1, -0.05) is 0 Å². The van der Waals surface area contributed by atoms with Crippen molar-refractivity contribution < 1.29 is 53.2 Å². The van der Waals surface area contributed by atoms with E-state index in [9.17, 15) is 39.6 Å². The van der Waals surface area contributed by atoms with Crippen molar-refractivity contribution in [3.05, 3.63) is 61.9 Å². The van der Waals surface area contributed by atoms with Gasteiger partial charge in [-0.05, 0) is 49.4 Å². The van der Waals surface area contributed by atoms with Gasteiger partial charge in [0, 0.05) is 36.0 Å². The number of fused-ring (bicyclic) bond motifs is 1. The van der Waals surface area contributed by atoms with Crippen LogP contribution in [0.15, 0.2) is 17.5 Å². The molecule has 0 radical (unpaired) electrons. The molecule has 2 aromatic heterocycles. The number of carbonyl (C=O) groups is 1.